The zero-order valence-electron chi connectivity index (χ0n) is 20.1. The van der Waals surface area contributed by atoms with Gasteiger partial charge in [0.25, 0.3) is 11.8 Å². The van der Waals surface area contributed by atoms with E-state index in [0.29, 0.717) is 47.1 Å². The van der Waals surface area contributed by atoms with Crippen molar-refractivity contribution in [1.82, 2.24) is 20.2 Å². The van der Waals surface area contributed by atoms with Gasteiger partial charge in [0, 0.05) is 25.5 Å². The Balaban J connectivity index is 1.41. The molecular weight excluding hydrogens is 480 g/mol. The predicted molar refractivity (Wildman–Crippen MR) is 139 cm³/mol. The van der Waals surface area contributed by atoms with Gasteiger partial charge in [0.15, 0.2) is 0 Å². The molecule has 1 saturated carbocycles. The Bertz CT molecular complexity index is 1280. The number of aryl methyl sites for hydroxylation is 2. The molecule has 2 fully saturated rings. The Morgan fingerprint density at radius 3 is 2.80 bits per heavy atom. The van der Waals surface area contributed by atoms with Crippen molar-refractivity contribution in [1.29, 1.82) is 0 Å². The number of aromatic nitrogens is 2. The first-order valence-corrected chi connectivity index (χ1v) is 13.2. The van der Waals surface area contributed by atoms with E-state index in [9.17, 15) is 9.59 Å². The van der Waals surface area contributed by atoms with E-state index in [-0.39, 0.29) is 17.9 Å². The molecule has 1 saturated heterocycles. The lowest BCUT2D eigenvalue weighted by Crippen LogP contribution is -2.46. The first-order valence-electron chi connectivity index (χ1n) is 12.0. The summed E-state index contributed by atoms with van der Waals surface area (Å²) in [5, 5.41) is 4.33. The number of carbonyl (C=O) groups is 2. The van der Waals surface area contributed by atoms with Crippen molar-refractivity contribution in [2.24, 2.45) is 17.8 Å². The number of nitrogens with one attached hydrogen (secondary N) is 1. The fourth-order valence-electron chi connectivity index (χ4n) is 5.77. The lowest BCUT2D eigenvalue weighted by Gasteiger charge is -2.28. The Labute approximate surface area is 214 Å². The highest BCUT2D eigenvalue weighted by atomic mass is 35.5. The van der Waals surface area contributed by atoms with Gasteiger partial charge >= 0.3 is 0 Å². The number of fused-ring (bicyclic) bond motifs is 1. The van der Waals surface area contributed by atoms with Gasteiger partial charge in [-0.1, -0.05) is 48.4 Å². The molecule has 182 valence electrons. The molecule has 0 radical (unpaired) electrons. The Morgan fingerprint density at radius 2 is 2.03 bits per heavy atom. The third-order valence-electron chi connectivity index (χ3n) is 7.23. The van der Waals surface area contributed by atoms with E-state index in [1.54, 1.807) is 17.4 Å². The molecule has 5 rings (SSSR count). The van der Waals surface area contributed by atoms with E-state index >= 15 is 0 Å². The lowest BCUT2D eigenvalue weighted by molar-refractivity contribution is 0.0692. The molecule has 35 heavy (non-hydrogen) atoms. The number of nitrogens with zero attached hydrogens (tertiary/aromatic N) is 3. The number of pyridine rings is 1. The van der Waals surface area contributed by atoms with Crippen LogP contribution in [0.2, 0.25) is 5.02 Å². The van der Waals surface area contributed by atoms with Crippen LogP contribution in [0.1, 0.15) is 51.2 Å². The minimum atomic E-state index is -0.230. The molecule has 4 atom stereocenters. The molecule has 1 N–H and O–H groups in total. The van der Waals surface area contributed by atoms with Crippen molar-refractivity contribution < 1.29 is 9.59 Å². The molecule has 3 heterocycles. The normalized spacial score (nSPS) is 23.4. The van der Waals surface area contributed by atoms with Crippen molar-refractivity contribution >= 4 is 34.8 Å². The maximum atomic E-state index is 14.0. The molecule has 1 aromatic carbocycles. The van der Waals surface area contributed by atoms with Crippen molar-refractivity contribution in [2.45, 2.75) is 39.7 Å². The molecule has 1 aliphatic heterocycles. The van der Waals surface area contributed by atoms with Gasteiger partial charge in [-0.05, 0) is 56.1 Å². The van der Waals surface area contributed by atoms with Gasteiger partial charge in [-0.25, -0.2) is 4.98 Å². The minimum Gasteiger partial charge on any atom is -0.350 e. The molecule has 6 nitrogen and oxygen atoms in total. The van der Waals surface area contributed by atoms with E-state index in [0.717, 1.165) is 33.9 Å². The zero-order chi connectivity index (χ0) is 24.7. The summed E-state index contributed by atoms with van der Waals surface area (Å²) in [5.41, 5.74) is 3.10. The smallest absolute Gasteiger partial charge is 0.274 e. The summed E-state index contributed by atoms with van der Waals surface area (Å²) in [6.07, 6.45) is 5.18. The van der Waals surface area contributed by atoms with Gasteiger partial charge in [0.1, 0.15) is 5.69 Å². The fourth-order valence-corrected chi connectivity index (χ4v) is 6.85. The summed E-state index contributed by atoms with van der Waals surface area (Å²) in [6, 6.07) is 9.73. The lowest BCUT2D eigenvalue weighted by atomic mass is 9.93. The van der Waals surface area contributed by atoms with Crippen molar-refractivity contribution in [3.63, 3.8) is 0 Å². The number of carbonyl (C=O) groups excluding carboxylic acids is 2. The van der Waals surface area contributed by atoms with Crippen LogP contribution in [0.4, 0.5) is 0 Å². The SMILES string of the molecule is Cc1cccc(-c2sc(C)nc2C(=O)N2CC3CC(C)C[C@@H]3C2CNC(=O)c2cncc(Cl)c2)c1. The molecular formula is C27H29ClN4O2S. The molecule has 2 aliphatic rings. The number of thiazole rings is 1. The Kier molecular flexibility index (Phi) is 6.64. The first-order chi connectivity index (χ1) is 16.8. The number of hydrogen-bond acceptors (Lipinski definition) is 5. The monoisotopic (exact) mass is 508 g/mol. The predicted octanol–water partition coefficient (Wildman–Crippen LogP) is 5.39. The van der Waals surface area contributed by atoms with Crippen molar-refractivity contribution in [3.8, 4) is 10.4 Å². The molecule has 2 aromatic heterocycles. The number of rotatable bonds is 5. The second kappa shape index (κ2) is 9.70. The average molecular weight is 509 g/mol. The van der Waals surface area contributed by atoms with Crippen LogP contribution >= 0.6 is 22.9 Å². The van der Waals surface area contributed by atoms with E-state index in [2.05, 4.69) is 41.3 Å². The van der Waals surface area contributed by atoms with Crippen molar-refractivity contribution in [3.05, 3.63) is 69.6 Å². The average Bonchev–Trinajstić information content (AvgIpc) is 3.49. The number of likely N-dealkylation sites (tertiary alicyclic amines) is 1. The maximum absolute atomic E-state index is 14.0. The summed E-state index contributed by atoms with van der Waals surface area (Å²) in [4.78, 5) is 38.3. The van der Waals surface area contributed by atoms with E-state index < -0.39 is 0 Å². The van der Waals surface area contributed by atoms with Gasteiger partial charge in [0.2, 0.25) is 0 Å². The van der Waals surface area contributed by atoms with Crippen LogP contribution in [0.15, 0.2) is 42.7 Å². The second-order valence-corrected chi connectivity index (χ2v) is 11.5. The highest BCUT2D eigenvalue weighted by molar-refractivity contribution is 7.15. The van der Waals surface area contributed by atoms with Crippen LogP contribution in [0.3, 0.4) is 0 Å². The van der Waals surface area contributed by atoms with Gasteiger partial charge in [-0.2, -0.15) is 0 Å². The fraction of sp³-hybridized carbons (Fsp3) is 0.407. The highest BCUT2D eigenvalue weighted by Crippen LogP contribution is 2.45. The van der Waals surface area contributed by atoms with Crippen molar-refractivity contribution in [2.75, 3.05) is 13.1 Å². The number of amides is 2. The molecule has 8 heteroatoms. The summed E-state index contributed by atoms with van der Waals surface area (Å²) >= 11 is 7.57. The largest absolute Gasteiger partial charge is 0.350 e. The van der Waals surface area contributed by atoms with Gasteiger partial charge < -0.3 is 10.2 Å². The van der Waals surface area contributed by atoms with Gasteiger partial charge in [-0.15, -0.1) is 11.3 Å². The number of benzene rings is 1. The van der Waals surface area contributed by atoms with E-state index in [1.165, 1.54) is 12.4 Å². The molecule has 0 spiro atoms. The second-order valence-electron chi connectivity index (χ2n) is 9.91. The Hall–Kier alpha value is -2.77. The van der Waals surface area contributed by atoms with Crippen LogP contribution in [0, 0.1) is 31.6 Å². The minimum absolute atomic E-state index is 0.0448. The number of halogens is 1. The van der Waals surface area contributed by atoms with Crippen LogP contribution in [-0.2, 0) is 0 Å². The summed E-state index contributed by atoms with van der Waals surface area (Å²) < 4.78 is 0. The van der Waals surface area contributed by atoms with Crippen LogP contribution < -0.4 is 5.32 Å². The quantitative estimate of drug-likeness (QED) is 0.501. The highest BCUT2D eigenvalue weighted by Gasteiger charge is 2.48. The molecule has 0 bridgehead atoms. The van der Waals surface area contributed by atoms with Gasteiger partial charge in [0.05, 0.1) is 26.5 Å². The number of hydrogen-bond donors (Lipinski definition) is 1. The van der Waals surface area contributed by atoms with Crippen LogP contribution in [0.25, 0.3) is 10.4 Å². The summed E-state index contributed by atoms with van der Waals surface area (Å²) in [6.45, 7) is 7.37. The third kappa shape index (κ3) is 4.84. The topological polar surface area (TPSA) is 75.2 Å². The van der Waals surface area contributed by atoms with Crippen LogP contribution in [0.5, 0.6) is 0 Å². The molecule has 3 unspecified atom stereocenters. The third-order valence-corrected chi connectivity index (χ3v) is 8.45. The Morgan fingerprint density at radius 1 is 1.20 bits per heavy atom. The van der Waals surface area contributed by atoms with Gasteiger partial charge in [-0.3, -0.25) is 14.6 Å². The molecule has 3 aromatic rings. The summed E-state index contributed by atoms with van der Waals surface area (Å²) in [5.74, 6) is 1.17. The maximum Gasteiger partial charge on any atom is 0.274 e. The summed E-state index contributed by atoms with van der Waals surface area (Å²) in [7, 11) is 0. The van der Waals surface area contributed by atoms with E-state index in [1.807, 2.05) is 24.0 Å². The zero-order valence-corrected chi connectivity index (χ0v) is 21.7. The van der Waals surface area contributed by atoms with E-state index in [4.69, 9.17) is 11.6 Å². The standard InChI is InChI=1S/C27H29ClN4O2S/c1-15-5-4-6-18(7-15)25-24(31-17(3)35-25)27(34)32-14-20-8-16(2)9-22(20)23(32)13-30-26(33)19-10-21(28)12-29-11-19/h4-7,10-12,16,20,22-23H,8-9,13-14H2,1-3H3,(H,30,33)/t16?,20?,22-,23?/m0/s1. The molecule has 2 amide bonds. The first kappa shape index (κ1) is 23.9. The van der Waals surface area contributed by atoms with Crippen LogP contribution in [-0.4, -0.2) is 45.8 Å². The molecule has 1 aliphatic carbocycles.